The van der Waals surface area contributed by atoms with Crippen LogP contribution in [0.4, 0.5) is 0 Å². The first-order valence-electron chi connectivity index (χ1n) is 4.45. The predicted octanol–water partition coefficient (Wildman–Crippen LogP) is 2.17. The first-order chi connectivity index (χ1) is 5.88. The smallest absolute Gasteiger partial charge is 0.0208 e. The normalized spacial score (nSPS) is 10.2. The van der Waals surface area contributed by atoms with E-state index in [1.807, 2.05) is 0 Å². The van der Waals surface area contributed by atoms with Crippen LogP contribution in [0.15, 0.2) is 24.3 Å². The van der Waals surface area contributed by atoms with Crippen molar-refractivity contribution in [1.82, 2.24) is 5.32 Å². The molecule has 1 aromatic rings. The second kappa shape index (κ2) is 4.94. The summed E-state index contributed by atoms with van der Waals surface area (Å²) in [7, 11) is 0. The average molecular weight is 162 g/mol. The molecule has 1 N–H and O–H groups in total. The zero-order valence-electron chi connectivity index (χ0n) is 7.64. The van der Waals surface area contributed by atoms with E-state index in [9.17, 15) is 0 Å². The Hall–Kier alpha value is -0.820. The molecule has 1 radical (unpaired) electrons. The lowest BCUT2D eigenvalue weighted by molar-refractivity contribution is 0.750. The van der Waals surface area contributed by atoms with Gasteiger partial charge in [-0.05, 0) is 31.0 Å². The summed E-state index contributed by atoms with van der Waals surface area (Å²) in [5.74, 6) is 0. The van der Waals surface area contributed by atoms with Gasteiger partial charge in [0.15, 0.2) is 0 Å². The summed E-state index contributed by atoms with van der Waals surface area (Å²) in [4.78, 5) is 0. The van der Waals surface area contributed by atoms with Crippen molar-refractivity contribution in [2.24, 2.45) is 0 Å². The maximum atomic E-state index is 3.75. The highest BCUT2D eigenvalue weighted by atomic mass is 14.8. The van der Waals surface area contributed by atoms with E-state index in [4.69, 9.17) is 0 Å². The third-order valence-corrected chi connectivity index (χ3v) is 1.99. The molecule has 0 spiro atoms. The molecule has 0 saturated heterocycles. The summed E-state index contributed by atoms with van der Waals surface area (Å²) in [5.41, 5.74) is 2.82. The summed E-state index contributed by atoms with van der Waals surface area (Å²) in [6.45, 7) is 7.66. The summed E-state index contributed by atoms with van der Waals surface area (Å²) in [6, 6.07) is 8.52. The van der Waals surface area contributed by atoms with Crippen LogP contribution in [0.25, 0.3) is 0 Å². The highest BCUT2D eigenvalue weighted by Crippen LogP contribution is 2.08. The fraction of sp³-hybridized carbons (Fsp3) is 0.364. The van der Waals surface area contributed by atoms with Gasteiger partial charge in [0.05, 0.1) is 0 Å². The Labute approximate surface area is 74.8 Å². The number of aryl methyl sites for hydroxylation is 1. The molecule has 1 aromatic carbocycles. The zero-order valence-corrected chi connectivity index (χ0v) is 7.64. The Morgan fingerprint density at radius 1 is 1.25 bits per heavy atom. The van der Waals surface area contributed by atoms with Gasteiger partial charge in [-0.25, -0.2) is 0 Å². The number of hydrogen-bond acceptors (Lipinski definition) is 1. The minimum absolute atomic E-state index is 0.790. The molecule has 1 nitrogen and oxygen atoms in total. The van der Waals surface area contributed by atoms with E-state index in [2.05, 4.69) is 43.4 Å². The van der Waals surface area contributed by atoms with Crippen LogP contribution in [0.2, 0.25) is 0 Å². The maximum Gasteiger partial charge on any atom is 0.0208 e. The largest absolute Gasteiger partial charge is 0.313 e. The highest BCUT2D eigenvalue weighted by Gasteiger charge is 1.96. The number of benzene rings is 1. The van der Waals surface area contributed by atoms with Gasteiger partial charge in [-0.3, -0.25) is 0 Å². The standard InChI is InChI=1S/C11H16N/c1-3-10-7-5-6-8-11(10)9-12-4-2/h5-8,12H,2-4,9H2,1H3. The average Bonchev–Trinajstić information content (AvgIpc) is 2.15. The molecule has 1 rings (SSSR count). The maximum absolute atomic E-state index is 3.75. The second-order valence-electron chi connectivity index (χ2n) is 2.80. The molecule has 0 aliphatic heterocycles. The summed E-state index contributed by atoms with van der Waals surface area (Å²) < 4.78 is 0. The van der Waals surface area contributed by atoms with Gasteiger partial charge < -0.3 is 5.32 Å². The molecule has 65 valence electrons. The molecule has 1 heteroatoms. The van der Waals surface area contributed by atoms with Gasteiger partial charge in [0.1, 0.15) is 0 Å². The van der Waals surface area contributed by atoms with Gasteiger partial charge in [-0.2, -0.15) is 0 Å². The SMILES string of the molecule is [CH2]CNCc1ccccc1CC. The van der Waals surface area contributed by atoms with Crippen LogP contribution in [-0.2, 0) is 13.0 Å². The van der Waals surface area contributed by atoms with Crippen molar-refractivity contribution >= 4 is 0 Å². The van der Waals surface area contributed by atoms with Crippen molar-refractivity contribution < 1.29 is 0 Å². The fourth-order valence-electron chi connectivity index (χ4n) is 1.30. The Bertz CT molecular complexity index is 230. The summed E-state index contributed by atoms with van der Waals surface area (Å²) >= 11 is 0. The topological polar surface area (TPSA) is 12.0 Å². The molecule has 0 aromatic heterocycles. The van der Waals surface area contributed by atoms with Crippen LogP contribution < -0.4 is 5.32 Å². The lowest BCUT2D eigenvalue weighted by Crippen LogP contribution is -2.13. The lowest BCUT2D eigenvalue weighted by Gasteiger charge is -2.06. The van der Waals surface area contributed by atoms with Gasteiger partial charge in [0, 0.05) is 6.54 Å². The van der Waals surface area contributed by atoms with Crippen molar-refractivity contribution in [3.8, 4) is 0 Å². The Morgan fingerprint density at radius 2 is 1.92 bits per heavy atom. The van der Waals surface area contributed by atoms with Crippen LogP contribution in [0.5, 0.6) is 0 Å². The highest BCUT2D eigenvalue weighted by molar-refractivity contribution is 5.26. The van der Waals surface area contributed by atoms with Crippen LogP contribution in [0.1, 0.15) is 18.1 Å². The molecule has 0 bridgehead atoms. The minimum atomic E-state index is 0.790. The Kier molecular flexibility index (Phi) is 3.81. The molecule has 0 unspecified atom stereocenters. The number of nitrogens with one attached hydrogen (secondary N) is 1. The van der Waals surface area contributed by atoms with Crippen LogP contribution in [0, 0.1) is 6.92 Å². The van der Waals surface area contributed by atoms with Crippen molar-refractivity contribution in [2.45, 2.75) is 19.9 Å². The van der Waals surface area contributed by atoms with Crippen molar-refractivity contribution in [3.05, 3.63) is 42.3 Å². The van der Waals surface area contributed by atoms with E-state index in [1.165, 1.54) is 11.1 Å². The van der Waals surface area contributed by atoms with E-state index in [0.717, 1.165) is 19.5 Å². The molecule has 0 heterocycles. The van der Waals surface area contributed by atoms with E-state index in [0.29, 0.717) is 0 Å². The molecular weight excluding hydrogens is 146 g/mol. The Morgan fingerprint density at radius 3 is 2.50 bits per heavy atom. The molecule has 0 fully saturated rings. The quantitative estimate of drug-likeness (QED) is 0.715. The van der Waals surface area contributed by atoms with Crippen molar-refractivity contribution in [1.29, 1.82) is 0 Å². The molecule has 12 heavy (non-hydrogen) atoms. The van der Waals surface area contributed by atoms with Crippen LogP contribution in [-0.4, -0.2) is 6.54 Å². The van der Waals surface area contributed by atoms with Gasteiger partial charge >= 0.3 is 0 Å². The van der Waals surface area contributed by atoms with E-state index in [1.54, 1.807) is 0 Å². The van der Waals surface area contributed by atoms with Gasteiger partial charge in [0.2, 0.25) is 0 Å². The summed E-state index contributed by atoms with van der Waals surface area (Å²) in [6.07, 6.45) is 1.11. The predicted molar refractivity (Wildman–Crippen MR) is 52.9 cm³/mol. The monoisotopic (exact) mass is 162 g/mol. The third kappa shape index (κ3) is 2.35. The second-order valence-corrected chi connectivity index (χ2v) is 2.80. The molecular formula is C11H16N. The van der Waals surface area contributed by atoms with E-state index in [-0.39, 0.29) is 0 Å². The molecule has 0 aliphatic carbocycles. The van der Waals surface area contributed by atoms with Crippen LogP contribution in [0.3, 0.4) is 0 Å². The minimum Gasteiger partial charge on any atom is -0.313 e. The number of rotatable bonds is 4. The van der Waals surface area contributed by atoms with Gasteiger partial charge in [-0.15, -0.1) is 0 Å². The van der Waals surface area contributed by atoms with Crippen molar-refractivity contribution in [3.63, 3.8) is 0 Å². The summed E-state index contributed by atoms with van der Waals surface area (Å²) in [5, 5.41) is 3.23. The number of hydrogen-bond donors (Lipinski definition) is 1. The Balaban J connectivity index is 2.68. The van der Waals surface area contributed by atoms with Gasteiger partial charge in [0.25, 0.3) is 0 Å². The van der Waals surface area contributed by atoms with Crippen molar-refractivity contribution in [2.75, 3.05) is 6.54 Å². The first-order valence-corrected chi connectivity index (χ1v) is 4.45. The first kappa shape index (κ1) is 9.27. The fourth-order valence-corrected chi connectivity index (χ4v) is 1.30. The molecule has 0 saturated carbocycles. The molecule has 0 amide bonds. The van der Waals surface area contributed by atoms with Crippen LogP contribution >= 0.6 is 0 Å². The molecule has 0 aliphatic rings. The van der Waals surface area contributed by atoms with E-state index >= 15 is 0 Å². The zero-order chi connectivity index (χ0) is 8.81. The van der Waals surface area contributed by atoms with E-state index < -0.39 is 0 Å². The lowest BCUT2D eigenvalue weighted by atomic mass is 10.1. The van der Waals surface area contributed by atoms with Gasteiger partial charge in [-0.1, -0.05) is 31.2 Å². The molecule has 0 atom stereocenters. The third-order valence-electron chi connectivity index (χ3n) is 1.99.